The first kappa shape index (κ1) is 15.3. The maximum absolute atomic E-state index is 12.1. The van der Waals surface area contributed by atoms with Gasteiger partial charge in [-0.05, 0) is 30.7 Å². The first-order valence-electron chi connectivity index (χ1n) is 6.73. The molecule has 0 saturated carbocycles. The summed E-state index contributed by atoms with van der Waals surface area (Å²) in [6.45, 7) is 3.31. The molecule has 0 unspecified atom stereocenters. The van der Waals surface area contributed by atoms with Crippen molar-refractivity contribution in [2.45, 2.75) is 26.2 Å². The molecular weight excluding hydrogens is 236 g/mol. The molecule has 3 nitrogen and oxygen atoms in total. The number of unbranched alkanes of at least 4 members (excludes halogenated alkanes) is 2. The second-order valence-electron chi connectivity index (χ2n) is 4.52. The average molecular weight is 258 g/mol. The molecule has 0 fully saturated rings. The van der Waals surface area contributed by atoms with Crippen LogP contribution in [-0.2, 0) is 0 Å². The van der Waals surface area contributed by atoms with Crippen molar-refractivity contribution < 1.29 is 4.79 Å². The van der Waals surface area contributed by atoms with Crippen LogP contribution in [0, 0.1) is 11.8 Å². The largest absolute Gasteiger partial charge is 0.342 e. The van der Waals surface area contributed by atoms with Crippen LogP contribution in [0.3, 0.4) is 0 Å². The van der Waals surface area contributed by atoms with E-state index in [2.05, 4.69) is 18.8 Å². The topological polar surface area (TPSA) is 46.3 Å². The Balaban J connectivity index is 2.61. The maximum atomic E-state index is 12.1. The lowest BCUT2D eigenvalue weighted by atomic mass is 10.1. The van der Waals surface area contributed by atoms with Gasteiger partial charge in [-0.1, -0.05) is 31.6 Å². The summed E-state index contributed by atoms with van der Waals surface area (Å²) in [5.41, 5.74) is 6.91. The van der Waals surface area contributed by atoms with Crippen LogP contribution in [0.15, 0.2) is 24.3 Å². The molecule has 102 valence electrons. The SMILES string of the molecule is CCCCCN(C)C(=O)c1ccc(C#CCN)cc1. The van der Waals surface area contributed by atoms with Crippen molar-refractivity contribution >= 4 is 5.91 Å². The van der Waals surface area contributed by atoms with Crippen LogP contribution in [-0.4, -0.2) is 30.9 Å². The third-order valence-corrected chi connectivity index (χ3v) is 2.91. The molecule has 0 aliphatic rings. The molecule has 0 bridgehead atoms. The minimum atomic E-state index is 0.0643. The van der Waals surface area contributed by atoms with E-state index >= 15 is 0 Å². The summed E-state index contributed by atoms with van der Waals surface area (Å²) in [5, 5.41) is 0. The molecule has 0 radical (unpaired) electrons. The van der Waals surface area contributed by atoms with Gasteiger partial charge in [0.2, 0.25) is 0 Å². The van der Waals surface area contributed by atoms with Gasteiger partial charge >= 0.3 is 0 Å². The van der Waals surface area contributed by atoms with Crippen LogP contribution in [0.25, 0.3) is 0 Å². The van der Waals surface area contributed by atoms with Crippen LogP contribution < -0.4 is 5.73 Å². The van der Waals surface area contributed by atoms with E-state index in [4.69, 9.17) is 5.73 Å². The van der Waals surface area contributed by atoms with Crippen molar-refractivity contribution in [3.05, 3.63) is 35.4 Å². The van der Waals surface area contributed by atoms with Crippen LogP contribution >= 0.6 is 0 Å². The minimum Gasteiger partial charge on any atom is -0.342 e. The molecule has 0 aliphatic carbocycles. The van der Waals surface area contributed by atoms with Gasteiger partial charge in [0.25, 0.3) is 5.91 Å². The van der Waals surface area contributed by atoms with E-state index in [0.29, 0.717) is 12.1 Å². The van der Waals surface area contributed by atoms with Gasteiger partial charge in [-0.15, -0.1) is 0 Å². The predicted octanol–water partition coefficient (Wildman–Crippen LogP) is 2.26. The molecule has 0 atom stereocenters. The van der Waals surface area contributed by atoms with Crippen molar-refractivity contribution in [1.82, 2.24) is 4.90 Å². The zero-order valence-corrected chi connectivity index (χ0v) is 11.8. The van der Waals surface area contributed by atoms with Crippen LogP contribution in [0.1, 0.15) is 42.1 Å². The Morgan fingerprint density at radius 3 is 2.53 bits per heavy atom. The number of rotatable bonds is 5. The van der Waals surface area contributed by atoms with Crippen molar-refractivity contribution in [1.29, 1.82) is 0 Å². The van der Waals surface area contributed by atoms with Gasteiger partial charge in [0.1, 0.15) is 0 Å². The highest BCUT2D eigenvalue weighted by Crippen LogP contribution is 2.07. The van der Waals surface area contributed by atoms with E-state index in [1.54, 1.807) is 4.90 Å². The highest BCUT2D eigenvalue weighted by Gasteiger charge is 2.10. The molecule has 1 rings (SSSR count). The van der Waals surface area contributed by atoms with Crippen molar-refractivity contribution in [3.8, 4) is 11.8 Å². The summed E-state index contributed by atoms with van der Waals surface area (Å²) < 4.78 is 0. The van der Waals surface area contributed by atoms with Gasteiger partial charge in [0.15, 0.2) is 0 Å². The number of amides is 1. The number of hydrogen-bond donors (Lipinski definition) is 1. The number of nitrogens with zero attached hydrogens (tertiary/aromatic N) is 1. The Morgan fingerprint density at radius 1 is 1.26 bits per heavy atom. The number of benzene rings is 1. The summed E-state index contributed by atoms with van der Waals surface area (Å²) in [6, 6.07) is 7.35. The lowest BCUT2D eigenvalue weighted by Gasteiger charge is -2.16. The fourth-order valence-corrected chi connectivity index (χ4v) is 1.77. The fraction of sp³-hybridized carbons (Fsp3) is 0.438. The summed E-state index contributed by atoms with van der Waals surface area (Å²) in [5.74, 6) is 5.80. The van der Waals surface area contributed by atoms with E-state index < -0.39 is 0 Å². The molecule has 0 heterocycles. The quantitative estimate of drug-likeness (QED) is 0.650. The van der Waals surface area contributed by atoms with E-state index in [1.165, 1.54) is 0 Å². The second-order valence-corrected chi connectivity index (χ2v) is 4.52. The van der Waals surface area contributed by atoms with Gasteiger partial charge in [-0.2, -0.15) is 0 Å². The van der Waals surface area contributed by atoms with Gasteiger partial charge in [-0.3, -0.25) is 4.79 Å². The smallest absolute Gasteiger partial charge is 0.253 e. The van der Waals surface area contributed by atoms with Crippen molar-refractivity contribution in [2.24, 2.45) is 5.73 Å². The molecule has 1 aromatic carbocycles. The highest BCUT2D eigenvalue weighted by molar-refractivity contribution is 5.94. The molecular formula is C16H22N2O. The third-order valence-electron chi connectivity index (χ3n) is 2.91. The van der Waals surface area contributed by atoms with E-state index in [1.807, 2.05) is 31.3 Å². The fourth-order valence-electron chi connectivity index (χ4n) is 1.77. The lowest BCUT2D eigenvalue weighted by Crippen LogP contribution is -2.27. The number of carbonyl (C=O) groups is 1. The number of nitrogens with two attached hydrogens (primary N) is 1. The van der Waals surface area contributed by atoms with Gasteiger partial charge in [0, 0.05) is 24.7 Å². The first-order chi connectivity index (χ1) is 9.19. The molecule has 1 aromatic rings. The van der Waals surface area contributed by atoms with E-state index in [9.17, 15) is 4.79 Å². The van der Waals surface area contributed by atoms with Gasteiger partial charge in [0.05, 0.1) is 6.54 Å². The summed E-state index contributed by atoms with van der Waals surface area (Å²) in [6.07, 6.45) is 3.38. The zero-order chi connectivity index (χ0) is 14.1. The van der Waals surface area contributed by atoms with Gasteiger partial charge in [-0.25, -0.2) is 0 Å². The van der Waals surface area contributed by atoms with Crippen molar-refractivity contribution in [2.75, 3.05) is 20.1 Å². The standard InChI is InChI=1S/C16H22N2O/c1-3-4-5-13-18(2)16(19)15-10-8-14(9-11-15)7-6-12-17/h8-11H,3-5,12-13,17H2,1-2H3. The summed E-state index contributed by atoms with van der Waals surface area (Å²) in [7, 11) is 1.85. The predicted molar refractivity (Wildman–Crippen MR) is 78.9 cm³/mol. The van der Waals surface area contributed by atoms with Crippen LogP contribution in [0.4, 0.5) is 0 Å². The third kappa shape index (κ3) is 5.15. The highest BCUT2D eigenvalue weighted by atomic mass is 16.2. The Bertz CT molecular complexity index is 454. The summed E-state index contributed by atoms with van der Waals surface area (Å²) >= 11 is 0. The lowest BCUT2D eigenvalue weighted by molar-refractivity contribution is 0.0792. The Morgan fingerprint density at radius 2 is 1.95 bits per heavy atom. The van der Waals surface area contributed by atoms with Crippen LogP contribution in [0.2, 0.25) is 0 Å². The van der Waals surface area contributed by atoms with Gasteiger partial charge < -0.3 is 10.6 Å². The normalized spacial score (nSPS) is 9.63. The van der Waals surface area contributed by atoms with Crippen LogP contribution in [0.5, 0.6) is 0 Å². The molecule has 3 heteroatoms. The monoisotopic (exact) mass is 258 g/mol. The second kappa shape index (κ2) is 8.34. The average Bonchev–Trinajstić information content (AvgIpc) is 2.45. The molecule has 2 N–H and O–H groups in total. The summed E-state index contributed by atoms with van der Waals surface area (Å²) in [4.78, 5) is 13.9. The Hall–Kier alpha value is -1.79. The Labute approximate surface area is 115 Å². The maximum Gasteiger partial charge on any atom is 0.253 e. The molecule has 0 aliphatic heterocycles. The zero-order valence-electron chi connectivity index (χ0n) is 11.8. The van der Waals surface area contributed by atoms with Crippen molar-refractivity contribution in [3.63, 3.8) is 0 Å². The molecule has 0 saturated heterocycles. The minimum absolute atomic E-state index is 0.0643. The Kier molecular flexibility index (Phi) is 6.70. The molecule has 0 aromatic heterocycles. The van der Waals surface area contributed by atoms with E-state index in [0.717, 1.165) is 31.4 Å². The number of carbonyl (C=O) groups excluding carboxylic acids is 1. The molecule has 0 spiro atoms. The molecule has 19 heavy (non-hydrogen) atoms. The first-order valence-corrected chi connectivity index (χ1v) is 6.73. The number of hydrogen-bond acceptors (Lipinski definition) is 2. The molecule has 1 amide bonds. The van der Waals surface area contributed by atoms with E-state index in [-0.39, 0.29) is 5.91 Å².